The van der Waals surface area contributed by atoms with Gasteiger partial charge in [-0.15, -0.1) is 5.10 Å². The van der Waals surface area contributed by atoms with Gasteiger partial charge in [0.25, 0.3) is 5.89 Å². The minimum absolute atomic E-state index is 0.354. The molecule has 3 aromatic heterocycles. The van der Waals surface area contributed by atoms with E-state index in [0.717, 1.165) is 11.1 Å². The first-order valence-electron chi connectivity index (χ1n) is 7.78. The minimum atomic E-state index is -0.872. The second kappa shape index (κ2) is 5.49. The third-order valence-corrected chi connectivity index (χ3v) is 3.74. The van der Waals surface area contributed by atoms with Crippen molar-refractivity contribution in [3.8, 4) is 23.1 Å². The van der Waals surface area contributed by atoms with Gasteiger partial charge in [-0.1, -0.05) is 10.4 Å². The fourth-order valence-electron chi connectivity index (χ4n) is 2.60. The lowest BCUT2D eigenvalue weighted by Crippen LogP contribution is -2.26. The Labute approximate surface area is 142 Å². The fourth-order valence-corrected chi connectivity index (χ4v) is 2.60. The van der Waals surface area contributed by atoms with Crippen molar-refractivity contribution in [3.63, 3.8) is 0 Å². The second-order valence-electron chi connectivity index (χ2n) is 6.55. The van der Waals surface area contributed by atoms with Gasteiger partial charge in [0.15, 0.2) is 5.82 Å². The summed E-state index contributed by atoms with van der Waals surface area (Å²) in [6.07, 6.45) is 3.50. The largest absolute Gasteiger partial charge is 0.389 e. The van der Waals surface area contributed by atoms with Crippen LogP contribution in [-0.4, -0.2) is 45.4 Å². The lowest BCUT2D eigenvalue weighted by atomic mass is 10.1. The van der Waals surface area contributed by atoms with Crippen molar-refractivity contribution < 1.29 is 9.63 Å². The molecule has 1 aromatic carbocycles. The van der Waals surface area contributed by atoms with Gasteiger partial charge in [0, 0.05) is 25.0 Å². The summed E-state index contributed by atoms with van der Waals surface area (Å²) >= 11 is 0. The van der Waals surface area contributed by atoms with Gasteiger partial charge < -0.3 is 14.2 Å². The van der Waals surface area contributed by atoms with Gasteiger partial charge in [0.2, 0.25) is 5.82 Å². The van der Waals surface area contributed by atoms with Crippen molar-refractivity contribution >= 4 is 11.0 Å². The molecule has 0 radical (unpaired) electrons. The number of aryl methyl sites for hydroxylation is 1. The number of benzene rings is 1. The molecule has 3 heterocycles. The molecule has 0 saturated heterocycles. The quantitative estimate of drug-likeness (QED) is 0.602. The highest BCUT2D eigenvalue weighted by atomic mass is 16.5. The second-order valence-corrected chi connectivity index (χ2v) is 6.55. The molecule has 0 saturated carbocycles. The maximum Gasteiger partial charge on any atom is 0.258 e. The number of hydrogen-bond donors (Lipinski definition) is 1. The van der Waals surface area contributed by atoms with Gasteiger partial charge in [-0.05, 0) is 32.0 Å². The number of imidazole rings is 1. The maximum atomic E-state index is 9.97. The summed E-state index contributed by atoms with van der Waals surface area (Å²) in [5.41, 5.74) is 1.40. The smallest absolute Gasteiger partial charge is 0.258 e. The van der Waals surface area contributed by atoms with E-state index in [1.807, 2.05) is 36.0 Å². The molecule has 9 heteroatoms. The Morgan fingerprint density at radius 1 is 1.28 bits per heavy atom. The Balaban J connectivity index is 1.69. The summed E-state index contributed by atoms with van der Waals surface area (Å²) in [5.74, 6) is 1.44. The minimum Gasteiger partial charge on any atom is -0.389 e. The first-order valence-corrected chi connectivity index (χ1v) is 7.78. The van der Waals surface area contributed by atoms with Crippen molar-refractivity contribution in [2.75, 3.05) is 0 Å². The lowest BCUT2D eigenvalue weighted by Gasteiger charge is -2.16. The molecule has 0 fully saturated rings. The summed E-state index contributed by atoms with van der Waals surface area (Å²) in [4.78, 5) is 8.61. The normalized spacial score (nSPS) is 12.2. The number of aliphatic hydroxyl groups is 1. The summed E-state index contributed by atoms with van der Waals surface area (Å²) in [6, 6.07) is 5.57. The van der Waals surface area contributed by atoms with Crippen LogP contribution in [0.25, 0.3) is 34.1 Å². The molecule has 0 aliphatic rings. The molecular formula is C16H17N7O2. The molecule has 4 aromatic rings. The standard InChI is InChI=1S/C16H17N7O2/c1-16(2,24)9-23-12-5-4-10(8-11(12)19-21-23)15-18-13(20-25-15)14-17-6-7-22(14)3/h4-8,24H,9H2,1-3H3. The predicted molar refractivity (Wildman–Crippen MR) is 89.3 cm³/mol. The van der Waals surface area contributed by atoms with E-state index in [4.69, 9.17) is 4.52 Å². The monoisotopic (exact) mass is 339 g/mol. The van der Waals surface area contributed by atoms with Crippen molar-refractivity contribution in [2.45, 2.75) is 26.0 Å². The zero-order valence-electron chi connectivity index (χ0n) is 14.1. The van der Waals surface area contributed by atoms with Crippen LogP contribution < -0.4 is 0 Å². The van der Waals surface area contributed by atoms with Crippen molar-refractivity contribution in [1.29, 1.82) is 0 Å². The van der Waals surface area contributed by atoms with Crippen molar-refractivity contribution in [1.82, 2.24) is 34.7 Å². The van der Waals surface area contributed by atoms with Crippen LogP contribution >= 0.6 is 0 Å². The topological polar surface area (TPSA) is 108 Å². The Morgan fingerprint density at radius 3 is 2.84 bits per heavy atom. The van der Waals surface area contributed by atoms with Gasteiger partial charge in [-0.25, -0.2) is 9.67 Å². The van der Waals surface area contributed by atoms with Gasteiger partial charge in [-0.3, -0.25) is 0 Å². The lowest BCUT2D eigenvalue weighted by molar-refractivity contribution is 0.0585. The molecule has 0 amide bonds. The van der Waals surface area contributed by atoms with Crippen LogP contribution in [0.3, 0.4) is 0 Å². The third-order valence-electron chi connectivity index (χ3n) is 3.74. The summed E-state index contributed by atoms with van der Waals surface area (Å²) in [7, 11) is 1.87. The first-order chi connectivity index (χ1) is 11.9. The van der Waals surface area contributed by atoms with Crippen LogP contribution in [0.5, 0.6) is 0 Å². The number of rotatable bonds is 4. The number of nitrogens with zero attached hydrogens (tertiary/aromatic N) is 7. The number of aromatic nitrogens is 7. The zero-order chi connectivity index (χ0) is 17.6. The van der Waals surface area contributed by atoms with E-state index in [1.165, 1.54) is 0 Å². The van der Waals surface area contributed by atoms with Gasteiger partial charge in [0.05, 0.1) is 17.7 Å². The van der Waals surface area contributed by atoms with Crippen LogP contribution in [0, 0.1) is 0 Å². The highest BCUT2D eigenvalue weighted by molar-refractivity contribution is 5.79. The van der Waals surface area contributed by atoms with E-state index in [2.05, 4.69) is 25.4 Å². The molecule has 0 atom stereocenters. The van der Waals surface area contributed by atoms with Gasteiger partial charge in [0.1, 0.15) is 5.52 Å². The van der Waals surface area contributed by atoms with E-state index >= 15 is 0 Å². The zero-order valence-corrected chi connectivity index (χ0v) is 14.1. The molecule has 1 N–H and O–H groups in total. The summed E-state index contributed by atoms with van der Waals surface area (Å²) in [5, 5.41) is 22.2. The average Bonchev–Trinajstić information content (AvgIpc) is 3.25. The van der Waals surface area contributed by atoms with E-state index in [9.17, 15) is 5.11 Å². The van der Waals surface area contributed by atoms with E-state index in [-0.39, 0.29) is 0 Å². The number of hydrogen-bond acceptors (Lipinski definition) is 7. The van der Waals surface area contributed by atoms with Crippen LogP contribution in [0.4, 0.5) is 0 Å². The third kappa shape index (κ3) is 2.89. The molecule has 0 aliphatic heterocycles. The van der Waals surface area contributed by atoms with E-state index < -0.39 is 5.60 Å². The van der Waals surface area contributed by atoms with Crippen LogP contribution in [-0.2, 0) is 13.6 Å². The highest BCUT2D eigenvalue weighted by Crippen LogP contribution is 2.24. The van der Waals surface area contributed by atoms with Gasteiger partial charge >= 0.3 is 0 Å². The Hall–Kier alpha value is -3.07. The van der Waals surface area contributed by atoms with Crippen molar-refractivity contribution in [3.05, 3.63) is 30.6 Å². The van der Waals surface area contributed by atoms with E-state index in [0.29, 0.717) is 29.6 Å². The highest BCUT2D eigenvalue weighted by Gasteiger charge is 2.18. The molecule has 9 nitrogen and oxygen atoms in total. The maximum absolute atomic E-state index is 9.97. The molecule has 0 aliphatic carbocycles. The summed E-state index contributed by atoms with van der Waals surface area (Å²) in [6.45, 7) is 3.81. The Bertz CT molecular complexity index is 1040. The van der Waals surface area contributed by atoms with Crippen LogP contribution in [0.1, 0.15) is 13.8 Å². The van der Waals surface area contributed by atoms with Crippen LogP contribution in [0.15, 0.2) is 35.1 Å². The predicted octanol–water partition coefficient (Wildman–Crippen LogP) is 1.65. The molecule has 0 spiro atoms. The number of fused-ring (bicyclic) bond motifs is 1. The van der Waals surface area contributed by atoms with Crippen molar-refractivity contribution in [2.24, 2.45) is 7.05 Å². The SMILES string of the molecule is Cn1ccnc1-c1noc(-c2ccc3c(c2)nnn3CC(C)(C)O)n1. The molecule has 128 valence electrons. The first kappa shape index (κ1) is 15.5. The molecule has 4 rings (SSSR count). The molecule has 0 unspecified atom stereocenters. The summed E-state index contributed by atoms with van der Waals surface area (Å²) < 4.78 is 8.85. The molecular weight excluding hydrogens is 322 g/mol. The Morgan fingerprint density at radius 2 is 2.12 bits per heavy atom. The Kier molecular flexibility index (Phi) is 3.39. The van der Waals surface area contributed by atoms with Gasteiger partial charge in [-0.2, -0.15) is 4.98 Å². The van der Waals surface area contributed by atoms with Crippen LogP contribution in [0.2, 0.25) is 0 Å². The van der Waals surface area contributed by atoms with E-state index in [1.54, 1.807) is 24.7 Å². The fraction of sp³-hybridized carbons (Fsp3) is 0.312. The molecule has 0 bridgehead atoms. The average molecular weight is 339 g/mol. The molecule has 25 heavy (non-hydrogen) atoms.